The number of carbonyl (C=O) groups is 1. The highest BCUT2D eigenvalue weighted by Crippen LogP contribution is 2.25. The second-order valence-corrected chi connectivity index (χ2v) is 5.32. The molecule has 1 N–H and O–H groups in total. The molecule has 1 heterocycles. The van der Waals surface area contributed by atoms with Gasteiger partial charge in [-0.05, 0) is 42.3 Å². The van der Waals surface area contributed by atoms with Crippen molar-refractivity contribution in [2.24, 2.45) is 0 Å². The highest BCUT2D eigenvalue weighted by molar-refractivity contribution is 5.86. The van der Waals surface area contributed by atoms with E-state index in [0.29, 0.717) is 12.8 Å². The number of fused-ring (bicyclic) bond motifs is 1. The fourth-order valence-electron chi connectivity index (χ4n) is 2.56. The molecule has 0 spiro atoms. The number of rotatable bonds is 6. The molecule has 0 aliphatic heterocycles. The van der Waals surface area contributed by atoms with Gasteiger partial charge in [-0.1, -0.05) is 12.1 Å². The Morgan fingerprint density at radius 3 is 2.79 bits per heavy atom. The molecule has 0 aliphatic rings. The minimum atomic E-state index is -0.0944. The van der Waals surface area contributed by atoms with E-state index in [0.717, 1.165) is 28.1 Å². The Hall–Kier alpha value is -3.02. The molecule has 1 aromatic heterocycles. The lowest BCUT2D eigenvalue weighted by Crippen LogP contribution is -2.22. The lowest BCUT2D eigenvalue weighted by molar-refractivity contribution is -0.117. The molecule has 6 heteroatoms. The number of ether oxygens (including phenoxy) is 2. The third kappa shape index (κ3) is 3.32. The van der Waals surface area contributed by atoms with E-state index in [4.69, 9.17) is 9.47 Å². The van der Waals surface area contributed by atoms with Crippen LogP contribution < -0.4 is 14.9 Å². The first-order valence-electron chi connectivity index (χ1n) is 7.64. The number of hydrogen-bond acceptors (Lipinski definition) is 4. The summed E-state index contributed by atoms with van der Waals surface area (Å²) in [6.07, 6.45) is 2.49. The van der Waals surface area contributed by atoms with Crippen molar-refractivity contribution in [3.8, 4) is 11.5 Å². The normalized spacial score (nSPS) is 10.6. The van der Waals surface area contributed by atoms with Crippen LogP contribution in [0.1, 0.15) is 12.0 Å². The van der Waals surface area contributed by atoms with Gasteiger partial charge in [-0.3, -0.25) is 10.2 Å². The molecule has 0 fully saturated rings. The maximum absolute atomic E-state index is 12.2. The Morgan fingerprint density at radius 2 is 2.00 bits per heavy atom. The lowest BCUT2D eigenvalue weighted by atomic mass is 10.1. The van der Waals surface area contributed by atoms with Gasteiger partial charge < -0.3 is 9.47 Å². The third-order valence-electron chi connectivity index (χ3n) is 3.81. The monoisotopic (exact) mass is 325 g/mol. The molecule has 24 heavy (non-hydrogen) atoms. The molecule has 0 saturated carbocycles. The SMILES string of the molecule is COc1ccc(OC)c(CCC(=O)Nn2cnc3ccccc32)c1. The molecule has 6 nitrogen and oxygen atoms in total. The smallest absolute Gasteiger partial charge is 0.239 e. The van der Waals surface area contributed by atoms with Crippen molar-refractivity contribution in [1.29, 1.82) is 0 Å². The summed E-state index contributed by atoms with van der Waals surface area (Å²) in [6.45, 7) is 0. The van der Waals surface area contributed by atoms with Crippen LogP contribution in [0.15, 0.2) is 48.8 Å². The highest BCUT2D eigenvalue weighted by atomic mass is 16.5. The summed E-state index contributed by atoms with van der Waals surface area (Å²) in [5, 5.41) is 0. The number of imidazole rings is 1. The van der Waals surface area contributed by atoms with Gasteiger partial charge in [0.15, 0.2) is 0 Å². The van der Waals surface area contributed by atoms with E-state index in [1.54, 1.807) is 25.2 Å². The fourth-order valence-corrected chi connectivity index (χ4v) is 2.56. The van der Waals surface area contributed by atoms with Crippen LogP contribution >= 0.6 is 0 Å². The number of hydrogen-bond donors (Lipinski definition) is 1. The van der Waals surface area contributed by atoms with Crippen LogP contribution in [0.2, 0.25) is 0 Å². The van der Waals surface area contributed by atoms with Gasteiger partial charge in [-0.25, -0.2) is 9.66 Å². The summed E-state index contributed by atoms with van der Waals surface area (Å²) in [5.74, 6) is 1.39. The van der Waals surface area contributed by atoms with Gasteiger partial charge in [0.1, 0.15) is 17.8 Å². The summed E-state index contributed by atoms with van der Waals surface area (Å²) >= 11 is 0. The molecule has 0 unspecified atom stereocenters. The summed E-state index contributed by atoms with van der Waals surface area (Å²) in [5.41, 5.74) is 5.48. The molecule has 3 rings (SSSR count). The van der Waals surface area contributed by atoms with Crippen LogP contribution in [0.25, 0.3) is 11.0 Å². The predicted octanol–water partition coefficient (Wildman–Crippen LogP) is 2.76. The van der Waals surface area contributed by atoms with E-state index in [-0.39, 0.29) is 5.91 Å². The van der Waals surface area contributed by atoms with Crippen molar-refractivity contribution in [3.63, 3.8) is 0 Å². The van der Waals surface area contributed by atoms with Gasteiger partial charge in [0, 0.05) is 6.42 Å². The number of aryl methyl sites for hydroxylation is 1. The molecular weight excluding hydrogens is 306 g/mol. The Morgan fingerprint density at radius 1 is 1.17 bits per heavy atom. The number of methoxy groups -OCH3 is 2. The molecule has 0 radical (unpaired) electrons. The standard InChI is InChI=1S/C18H19N3O3/c1-23-14-8-9-17(24-2)13(11-14)7-10-18(22)20-21-12-19-15-5-3-4-6-16(15)21/h3-6,8-9,11-12H,7,10H2,1-2H3,(H,20,22). The van der Waals surface area contributed by atoms with E-state index in [2.05, 4.69) is 10.4 Å². The first kappa shape index (κ1) is 15.9. The molecule has 1 amide bonds. The summed E-state index contributed by atoms with van der Waals surface area (Å²) < 4.78 is 12.2. The average Bonchev–Trinajstić information content (AvgIpc) is 3.02. The highest BCUT2D eigenvalue weighted by Gasteiger charge is 2.10. The summed E-state index contributed by atoms with van der Waals surface area (Å²) in [6, 6.07) is 13.2. The predicted molar refractivity (Wildman–Crippen MR) is 92.0 cm³/mol. The molecule has 124 valence electrons. The van der Waals surface area contributed by atoms with Gasteiger partial charge in [0.2, 0.25) is 5.91 Å². The first-order chi connectivity index (χ1) is 11.7. The number of aromatic nitrogens is 2. The minimum absolute atomic E-state index is 0.0944. The maximum Gasteiger partial charge on any atom is 0.239 e. The zero-order valence-electron chi connectivity index (χ0n) is 13.7. The van der Waals surface area contributed by atoms with E-state index in [9.17, 15) is 4.79 Å². The van der Waals surface area contributed by atoms with E-state index in [1.807, 2.05) is 42.5 Å². The van der Waals surface area contributed by atoms with Crippen molar-refractivity contribution in [1.82, 2.24) is 9.66 Å². The number of benzene rings is 2. The van der Waals surface area contributed by atoms with E-state index >= 15 is 0 Å². The van der Waals surface area contributed by atoms with Gasteiger partial charge in [-0.2, -0.15) is 0 Å². The Bertz CT molecular complexity index is 858. The second-order valence-electron chi connectivity index (χ2n) is 5.32. The summed E-state index contributed by atoms with van der Waals surface area (Å²) in [4.78, 5) is 16.5. The van der Waals surface area contributed by atoms with Crippen molar-refractivity contribution in [2.45, 2.75) is 12.8 Å². The number of nitrogens with zero attached hydrogens (tertiary/aromatic N) is 2. The second kappa shape index (κ2) is 7.04. The number of para-hydroxylation sites is 2. The number of amides is 1. The van der Waals surface area contributed by atoms with Crippen molar-refractivity contribution < 1.29 is 14.3 Å². The van der Waals surface area contributed by atoms with Crippen LogP contribution in [0.4, 0.5) is 0 Å². The Kier molecular flexibility index (Phi) is 4.65. The summed E-state index contributed by atoms with van der Waals surface area (Å²) in [7, 11) is 3.23. The molecule has 0 aliphatic carbocycles. The largest absolute Gasteiger partial charge is 0.497 e. The molecule has 3 aromatic rings. The quantitative estimate of drug-likeness (QED) is 0.757. The minimum Gasteiger partial charge on any atom is -0.497 e. The third-order valence-corrected chi connectivity index (χ3v) is 3.81. The van der Waals surface area contributed by atoms with Crippen LogP contribution in [0.5, 0.6) is 11.5 Å². The Labute approximate surface area is 140 Å². The van der Waals surface area contributed by atoms with Crippen LogP contribution in [0, 0.1) is 0 Å². The van der Waals surface area contributed by atoms with Crippen LogP contribution in [-0.2, 0) is 11.2 Å². The molecular formula is C18H19N3O3. The van der Waals surface area contributed by atoms with Crippen molar-refractivity contribution in [2.75, 3.05) is 19.6 Å². The van der Waals surface area contributed by atoms with Gasteiger partial charge in [-0.15, -0.1) is 0 Å². The van der Waals surface area contributed by atoms with Crippen molar-refractivity contribution >= 4 is 16.9 Å². The molecule has 0 saturated heterocycles. The zero-order valence-corrected chi connectivity index (χ0v) is 13.7. The zero-order chi connectivity index (χ0) is 16.9. The maximum atomic E-state index is 12.2. The first-order valence-corrected chi connectivity index (χ1v) is 7.64. The van der Waals surface area contributed by atoms with Crippen molar-refractivity contribution in [3.05, 3.63) is 54.4 Å². The van der Waals surface area contributed by atoms with Gasteiger partial charge in [0.05, 0.1) is 25.3 Å². The van der Waals surface area contributed by atoms with Crippen LogP contribution in [-0.4, -0.2) is 29.8 Å². The number of nitrogens with one attached hydrogen (secondary N) is 1. The fraction of sp³-hybridized carbons (Fsp3) is 0.222. The topological polar surface area (TPSA) is 65.4 Å². The average molecular weight is 325 g/mol. The van der Waals surface area contributed by atoms with E-state index < -0.39 is 0 Å². The van der Waals surface area contributed by atoms with Gasteiger partial charge in [0.25, 0.3) is 0 Å². The Balaban J connectivity index is 1.67. The lowest BCUT2D eigenvalue weighted by Gasteiger charge is -2.11. The molecule has 0 bridgehead atoms. The van der Waals surface area contributed by atoms with Gasteiger partial charge >= 0.3 is 0 Å². The molecule has 2 aromatic carbocycles. The van der Waals surface area contributed by atoms with E-state index in [1.165, 1.54) is 0 Å². The number of carbonyl (C=O) groups excluding carboxylic acids is 1. The molecule has 0 atom stereocenters. The van der Waals surface area contributed by atoms with Crippen LogP contribution in [0.3, 0.4) is 0 Å².